The molecule has 1 aliphatic rings. The number of hydrogen-bond acceptors (Lipinski definition) is 4. The van der Waals surface area contributed by atoms with Crippen molar-refractivity contribution < 1.29 is 9.84 Å². The molecule has 4 heteroatoms. The summed E-state index contributed by atoms with van der Waals surface area (Å²) in [4.78, 5) is 8.29. The maximum Gasteiger partial charge on any atom is 0.238 e. The molecule has 4 nitrogen and oxygen atoms in total. The minimum Gasteiger partial charge on any atom is -0.480 e. The molecule has 1 unspecified atom stereocenters. The van der Waals surface area contributed by atoms with E-state index in [1.165, 1.54) is 0 Å². The van der Waals surface area contributed by atoms with Gasteiger partial charge < -0.3 is 9.84 Å². The molecule has 0 saturated heterocycles. The van der Waals surface area contributed by atoms with E-state index in [2.05, 4.69) is 9.97 Å². The number of rotatable bonds is 4. The van der Waals surface area contributed by atoms with Crippen molar-refractivity contribution in [2.45, 2.75) is 31.8 Å². The van der Waals surface area contributed by atoms with E-state index in [1.54, 1.807) is 19.5 Å². The third-order valence-corrected chi connectivity index (χ3v) is 3.06. The topological polar surface area (TPSA) is 55.2 Å². The molecule has 1 fully saturated rings. The van der Waals surface area contributed by atoms with Gasteiger partial charge in [-0.05, 0) is 25.2 Å². The first-order valence-electron chi connectivity index (χ1n) is 5.30. The van der Waals surface area contributed by atoms with Gasteiger partial charge in [0, 0.05) is 12.4 Å². The minimum absolute atomic E-state index is 0.313. The second-order valence-corrected chi connectivity index (χ2v) is 3.97. The second-order valence-electron chi connectivity index (χ2n) is 3.97. The number of hydrogen-bond donors (Lipinski definition) is 1. The highest BCUT2D eigenvalue weighted by Crippen LogP contribution is 2.48. The Hall–Kier alpha value is -1.16. The van der Waals surface area contributed by atoms with Gasteiger partial charge in [-0.2, -0.15) is 0 Å². The molecule has 1 aliphatic carbocycles. The maximum atomic E-state index is 10.6. The molecule has 0 aliphatic heterocycles. The predicted octanol–water partition coefficient (Wildman–Crippen LogP) is 1.49. The number of methoxy groups -OCH3 is 1. The van der Waals surface area contributed by atoms with Crippen LogP contribution in [0.25, 0.3) is 0 Å². The highest BCUT2D eigenvalue weighted by atomic mass is 16.5. The van der Waals surface area contributed by atoms with E-state index in [1.807, 2.05) is 6.92 Å². The molecular formula is C11H16N2O2. The number of aromatic nitrogens is 2. The first kappa shape index (κ1) is 10.4. The fourth-order valence-corrected chi connectivity index (χ4v) is 1.98. The minimum atomic E-state index is -0.862. The average Bonchev–Trinajstić information content (AvgIpc) is 3.12. The molecule has 1 aromatic rings. The summed E-state index contributed by atoms with van der Waals surface area (Å²) >= 11 is 0. The summed E-state index contributed by atoms with van der Waals surface area (Å²) < 4.78 is 5.14. The monoisotopic (exact) mass is 208 g/mol. The van der Waals surface area contributed by atoms with Crippen LogP contribution in [0.1, 0.15) is 31.9 Å². The van der Waals surface area contributed by atoms with Crippen LogP contribution in [-0.4, -0.2) is 22.2 Å². The Balaban J connectivity index is 2.41. The SMILES string of the molecule is CCC(O)(c1nccnc1OC)C1CC1. The standard InChI is InChI=1S/C11H16N2O2/c1-3-11(14,8-4-5-8)9-10(15-2)13-7-6-12-9/h6-8,14H,3-5H2,1-2H3. The summed E-state index contributed by atoms with van der Waals surface area (Å²) in [6, 6.07) is 0. The highest BCUT2D eigenvalue weighted by molar-refractivity contribution is 5.26. The summed E-state index contributed by atoms with van der Waals surface area (Å²) in [7, 11) is 1.55. The maximum absolute atomic E-state index is 10.6. The average molecular weight is 208 g/mol. The van der Waals surface area contributed by atoms with Crippen LogP contribution in [-0.2, 0) is 5.60 Å². The molecule has 1 N–H and O–H groups in total. The first-order chi connectivity index (χ1) is 7.22. The molecule has 2 rings (SSSR count). The molecule has 0 spiro atoms. The third kappa shape index (κ3) is 1.69. The fraction of sp³-hybridized carbons (Fsp3) is 0.636. The van der Waals surface area contributed by atoms with Crippen LogP contribution >= 0.6 is 0 Å². The van der Waals surface area contributed by atoms with Gasteiger partial charge >= 0.3 is 0 Å². The molecule has 0 amide bonds. The van der Waals surface area contributed by atoms with Crippen molar-refractivity contribution >= 4 is 0 Å². The molecule has 0 aromatic carbocycles. The van der Waals surface area contributed by atoms with Gasteiger partial charge in [0.05, 0.1) is 7.11 Å². The lowest BCUT2D eigenvalue weighted by Gasteiger charge is -2.26. The van der Waals surface area contributed by atoms with E-state index in [-0.39, 0.29) is 0 Å². The van der Waals surface area contributed by atoms with Crippen molar-refractivity contribution in [3.8, 4) is 5.88 Å². The van der Waals surface area contributed by atoms with E-state index in [9.17, 15) is 5.11 Å². The summed E-state index contributed by atoms with van der Waals surface area (Å²) in [5.74, 6) is 0.752. The van der Waals surface area contributed by atoms with Crippen LogP contribution in [0.3, 0.4) is 0 Å². The Labute approximate surface area is 89.3 Å². The Morgan fingerprint density at radius 3 is 2.67 bits per heavy atom. The van der Waals surface area contributed by atoms with Gasteiger partial charge in [0.2, 0.25) is 5.88 Å². The molecule has 1 aromatic heterocycles. The smallest absolute Gasteiger partial charge is 0.238 e. The van der Waals surface area contributed by atoms with Gasteiger partial charge in [-0.1, -0.05) is 6.92 Å². The van der Waals surface area contributed by atoms with E-state index < -0.39 is 5.60 Å². The molecular weight excluding hydrogens is 192 g/mol. The van der Waals surface area contributed by atoms with E-state index in [0.29, 0.717) is 23.9 Å². The van der Waals surface area contributed by atoms with Crippen molar-refractivity contribution in [1.82, 2.24) is 9.97 Å². The molecule has 15 heavy (non-hydrogen) atoms. The predicted molar refractivity (Wildman–Crippen MR) is 55.5 cm³/mol. The first-order valence-corrected chi connectivity index (χ1v) is 5.30. The zero-order valence-corrected chi connectivity index (χ0v) is 9.10. The second kappa shape index (κ2) is 3.77. The van der Waals surface area contributed by atoms with Crippen molar-refractivity contribution in [2.75, 3.05) is 7.11 Å². The normalized spacial score (nSPS) is 19.7. The van der Waals surface area contributed by atoms with Gasteiger partial charge in [0.1, 0.15) is 11.3 Å². The lowest BCUT2D eigenvalue weighted by molar-refractivity contribution is 0.00175. The highest BCUT2D eigenvalue weighted by Gasteiger charge is 2.46. The molecule has 1 heterocycles. The summed E-state index contributed by atoms with van der Waals surface area (Å²) in [6.45, 7) is 1.96. The number of aliphatic hydroxyl groups is 1. The number of ether oxygens (including phenoxy) is 1. The van der Waals surface area contributed by atoms with Crippen molar-refractivity contribution in [2.24, 2.45) is 5.92 Å². The van der Waals surface area contributed by atoms with Crippen molar-refractivity contribution in [1.29, 1.82) is 0 Å². The van der Waals surface area contributed by atoms with Crippen molar-refractivity contribution in [3.05, 3.63) is 18.1 Å². The van der Waals surface area contributed by atoms with Crippen LogP contribution in [0.4, 0.5) is 0 Å². The van der Waals surface area contributed by atoms with Gasteiger partial charge in [-0.25, -0.2) is 4.98 Å². The van der Waals surface area contributed by atoms with E-state index in [0.717, 1.165) is 12.8 Å². The zero-order chi connectivity index (χ0) is 10.9. The largest absolute Gasteiger partial charge is 0.480 e. The van der Waals surface area contributed by atoms with Crippen LogP contribution in [0.5, 0.6) is 5.88 Å². The van der Waals surface area contributed by atoms with Crippen LogP contribution in [0, 0.1) is 5.92 Å². The molecule has 82 valence electrons. The quantitative estimate of drug-likeness (QED) is 0.814. The summed E-state index contributed by atoms with van der Waals surface area (Å²) in [5, 5.41) is 10.6. The zero-order valence-electron chi connectivity index (χ0n) is 9.10. The molecule has 1 atom stereocenters. The van der Waals surface area contributed by atoms with E-state index in [4.69, 9.17) is 4.74 Å². The van der Waals surface area contributed by atoms with Crippen molar-refractivity contribution in [3.63, 3.8) is 0 Å². The Morgan fingerprint density at radius 1 is 1.47 bits per heavy atom. The van der Waals surface area contributed by atoms with Crippen LogP contribution in [0.2, 0.25) is 0 Å². The molecule has 0 bridgehead atoms. The summed E-state index contributed by atoms with van der Waals surface area (Å²) in [5.41, 5.74) is -0.280. The van der Waals surface area contributed by atoms with E-state index >= 15 is 0 Å². The Kier molecular flexibility index (Phi) is 2.61. The molecule has 0 radical (unpaired) electrons. The lowest BCUT2D eigenvalue weighted by atomic mass is 9.90. The molecule has 1 saturated carbocycles. The Bertz CT molecular complexity index is 352. The number of nitrogens with zero attached hydrogens (tertiary/aromatic N) is 2. The van der Waals surface area contributed by atoms with Crippen LogP contribution < -0.4 is 4.74 Å². The third-order valence-electron chi connectivity index (χ3n) is 3.06. The Morgan fingerprint density at radius 2 is 2.13 bits per heavy atom. The summed E-state index contributed by atoms with van der Waals surface area (Å²) in [6.07, 6.45) is 5.94. The van der Waals surface area contributed by atoms with Gasteiger partial charge in [0.15, 0.2) is 0 Å². The van der Waals surface area contributed by atoms with Crippen LogP contribution in [0.15, 0.2) is 12.4 Å². The fourth-order valence-electron chi connectivity index (χ4n) is 1.98. The lowest BCUT2D eigenvalue weighted by Crippen LogP contribution is -2.29. The van der Waals surface area contributed by atoms with Gasteiger partial charge in [-0.3, -0.25) is 4.98 Å². The van der Waals surface area contributed by atoms with Gasteiger partial charge in [0.25, 0.3) is 0 Å². The van der Waals surface area contributed by atoms with Gasteiger partial charge in [-0.15, -0.1) is 0 Å².